The summed E-state index contributed by atoms with van der Waals surface area (Å²) < 4.78 is 0. The quantitative estimate of drug-likeness (QED) is 0.595. The summed E-state index contributed by atoms with van der Waals surface area (Å²) in [5.41, 5.74) is 4.50. The van der Waals surface area contributed by atoms with Crippen LogP contribution in [0, 0.1) is 0 Å². The fourth-order valence-corrected chi connectivity index (χ4v) is 2.65. The van der Waals surface area contributed by atoms with Crippen molar-refractivity contribution in [3.8, 4) is 0 Å². The molecule has 0 aliphatic heterocycles. The molecule has 1 amide bonds. The number of halogens is 2. The van der Waals surface area contributed by atoms with Crippen molar-refractivity contribution in [2.45, 2.75) is 13.8 Å². The summed E-state index contributed by atoms with van der Waals surface area (Å²) >= 11 is 13.4. The molecule has 8 heteroatoms. The molecule has 1 N–H and O–H groups in total. The van der Waals surface area contributed by atoms with E-state index in [-0.39, 0.29) is 6.61 Å². The minimum atomic E-state index is -0.392. The van der Waals surface area contributed by atoms with Gasteiger partial charge < -0.3 is 4.84 Å². The minimum absolute atomic E-state index is 0.236. The zero-order valence-electron chi connectivity index (χ0n) is 13.0. The van der Waals surface area contributed by atoms with Crippen LogP contribution < -0.4 is 5.43 Å². The van der Waals surface area contributed by atoms with Gasteiger partial charge in [0.25, 0.3) is 5.91 Å². The maximum Gasteiger partial charge on any atom is 0.280 e. The van der Waals surface area contributed by atoms with Crippen LogP contribution in [-0.4, -0.2) is 23.9 Å². The number of oxime groups is 1. The van der Waals surface area contributed by atoms with E-state index in [1.165, 1.54) is 0 Å². The van der Waals surface area contributed by atoms with Crippen molar-refractivity contribution in [2.75, 3.05) is 6.61 Å². The van der Waals surface area contributed by atoms with Gasteiger partial charge in [-0.3, -0.25) is 4.79 Å². The number of hydrogen-bond acceptors (Lipinski definition) is 5. The Morgan fingerprint density at radius 3 is 2.67 bits per heavy atom. The first-order valence-electron chi connectivity index (χ1n) is 6.96. The third kappa shape index (κ3) is 5.33. The van der Waals surface area contributed by atoms with Gasteiger partial charge in [0.15, 0.2) is 6.61 Å². The molecule has 0 fully saturated rings. The molecule has 0 unspecified atom stereocenters. The number of carbonyl (C=O) groups excluding carboxylic acids is 1. The van der Waals surface area contributed by atoms with Gasteiger partial charge in [-0.05, 0) is 37.4 Å². The van der Waals surface area contributed by atoms with Crippen molar-refractivity contribution in [2.24, 2.45) is 10.3 Å². The molecule has 1 heterocycles. The first kappa shape index (κ1) is 18.4. The van der Waals surface area contributed by atoms with Crippen LogP contribution in [0.3, 0.4) is 0 Å². The van der Waals surface area contributed by atoms with E-state index in [4.69, 9.17) is 28.0 Å². The van der Waals surface area contributed by atoms with Crippen molar-refractivity contribution in [1.82, 2.24) is 5.43 Å². The average Bonchev–Trinajstić information content (AvgIpc) is 3.09. The van der Waals surface area contributed by atoms with Crippen molar-refractivity contribution in [3.63, 3.8) is 0 Å². The van der Waals surface area contributed by atoms with Gasteiger partial charge in [0.2, 0.25) is 0 Å². The van der Waals surface area contributed by atoms with Crippen LogP contribution in [0.5, 0.6) is 0 Å². The molecular formula is C16H15Cl2N3O2S. The summed E-state index contributed by atoms with van der Waals surface area (Å²) in [5, 5.41) is 10.7. The number of hydrazone groups is 1. The Labute approximate surface area is 153 Å². The number of hydrogen-bond donors (Lipinski definition) is 1. The molecule has 0 atom stereocenters. The molecule has 0 radical (unpaired) electrons. The lowest BCUT2D eigenvalue weighted by Crippen LogP contribution is -2.23. The lowest BCUT2D eigenvalue weighted by molar-refractivity contribution is -0.125. The summed E-state index contributed by atoms with van der Waals surface area (Å²) in [4.78, 5) is 17.7. The Balaban J connectivity index is 1.85. The number of benzene rings is 1. The third-order valence-corrected chi connectivity index (χ3v) is 4.68. The van der Waals surface area contributed by atoms with Crippen molar-refractivity contribution >= 4 is 51.9 Å². The van der Waals surface area contributed by atoms with Gasteiger partial charge in [-0.25, -0.2) is 5.43 Å². The zero-order chi connectivity index (χ0) is 17.5. The van der Waals surface area contributed by atoms with Crippen LogP contribution in [0.2, 0.25) is 10.0 Å². The molecule has 0 spiro atoms. The molecule has 0 aliphatic carbocycles. The molecule has 0 saturated heterocycles. The SMILES string of the molecule is C/C(=N\OCC(=O)N/N=C(\C)c1cccs1)c1ccc(Cl)c(Cl)c1. The first-order chi connectivity index (χ1) is 11.5. The zero-order valence-corrected chi connectivity index (χ0v) is 15.4. The monoisotopic (exact) mass is 383 g/mol. The van der Waals surface area contributed by atoms with Crippen LogP contribution in [0.25, 0.3) is 0 Å². The van der Waals surface area contributed by atoms with E-state index in [9.17, 15) is 4.79 Å². The predicted octanol–water partition coefficient (Wildman–Crippen LogP) is 4.34. The largest absolute Gasteiger partial charge is 0.385 e. The van der Waals surface area contributed by atoms with E-state index in [0.717, 1.165) is 16.2 Å². The molecule has 0 aliphatic rings. The summed E-state index contributed by atoms with van der Waals surface area (Å²) in [6.45, 7) is 3.33. The summed E-state index contributed by atoms with van der Waals surface area (Å²) in [5.74, 6) is -0.392. The van der Waals surface area contributed by atoms with Crippen LogP contribution in [0.4, 0.5) is 0 Å². The van der Waals surface area contributed by atoms with Crippen LogP contribution >= 0.6 is 34.5 Å². The number of carbonyl (C=O) groups is 1. The second-order valence-corrected chi connectivity index (χ2v) is 6.55. The maximum absolute atomic E-state index is 11.7. The fraction of sp³-hybridized carbons (Fsp3) is 0.188. The number of nitrogens with one attached hydrogen (secondary N) is 1. The third-order valence-electron chi connectivity index (χ3n) is 2.96. The Morgan fingerprint density at radius 2 is 2.00 bits per heavy atom. The molecule has 126 valence electrons. The van der Waals surface area contributed by atoms with Gasteiger partial charge in [0.1, 0.15) is 0 Å². The number of amides is 1. The number of nitrogens with zero attached hydrogens (tertiary/aromatic N) is 2. The van der Waals surface area contributed by atoms with Crippen LogP contribution in [0.15, 0.2) is 46.0 Å². The van der Waals surface area contributed by atoms with Gasteiger partial charge in [-0.1, -0.05) is 40.5 Å². The average molecular weight is 384 g/mol. The summed E-state index contributed by atoms with van der Waals surface area (Å²) in [6, 6.07) is 8.97. The Hall–Kier alpha value is -1.89. The van der Waals surface area contributed by atoms with Gasteiger partial charge in [0, 0.05) is 10.4 Å². The molecule has 1 aromatic carbocycles. The smallest absolute Gasteiger partial charge is 0.280 e. The normalized spacial score (nSPS) is 12.2. The lowest BCUT2D eigenvalue weighted by Gasteiger charge is -2.04. The van der Waals surface area contributed by atoms with Gasteiger partial charge in [-0.2, -0.15) is 5.10 Å². The molecule has 24 heavy (non-hydrogen) atoms. The molecule has 2 rings (SSSR count). The highest BCUT2D eigenvalue weighted by atomic mass is 35.5. The van der Waals surface area contributed by atoms with E-state index in [1.807, 2.05) is 24.4 Å². The minimum Gasteiger partial charge on any atom is -0.385 e. The van der Waals surface area contributed by atoms with Gasteiger partial charge in [-0.15, -0.1) is 11.3 Å². The molecule has 2 aromatic rings. The maximum atomic E-state index is 11.7. The van der Waals surface area contributed by atoms with Crippen molar-refractivity contribution in [1.29, 1.82) is 0 Å². The molecule has 0 saturated carbocycles. The molecule has 5 nitrogen and oxygen atoms in total. The number of rotatable bonds is 6. The predicted molar refractivity (Wildman–Crippen MR) is 99.3 cm³/mol. The molecule has 1 aromatic heterocycles. The summed E-state index contributed by atoms with van der Waals surface area (Å²) in [6.07, 6.45) is 0. The van der Waals surface area contributed by atoms with E-state index < -0.39 is 5.91 Å². The van der Waals surface area contributed by atoms with E-state index in [1.54, 1.807) is 36.5 Å². The summed E-state index contributed by atoms with van der Waals surface area (Å²) in [7, 11) is 0. The second kappa shape index (κ2) is 8.82. The highest BCUT2D eigenvalue weighted by Gasteiger charge is 2.05. The van der Waals surface area contributed by atoms with Gasteiger partial charge >= 0.3 is 0 Å². The van der Waals surface area contributed by atoms with Crippen LogP contribution in [-0.2, 0) is 9.63 Å². The highest BCUT2D eigenvalue weighted by molar-refractivity contribution is 7.12. The number of thiophene rings is 1. The van der Waals surface area contributed by atoms with E-state index >= 15 is 0 Å². The standard InChI is InChI=1S/C16H15Cl2N3O2S/c1-10(12-5-6-13(17)14(18)8-12)21-23-9-16(22)20-19-11(2)15-4-3-7-24-15/h3-8H,9H2,1-2H3,(H,20,22)/b19-11+,21-10+. The van der Waals surface area contributed by atoms with Gasteiger partial charge in [0.05, 0.1) is 21.5 Å². The fourth-order valence-electron chi connectivity index (χ4n) is 1.68. The Morgan fingerprint density at radius 1 is 1.21 bits per heavy atom. The van der Waals surface area contributed by atoms with E-state index in [0.29, 0.717) is 15.8 Å². The lowest BCUT2D eigenvalue weighted by atomic mass is 10.1. The van der Waals surface area contributed by atoms with Crippen molar-refractivity contribution in [3.05, 3.63) is 56.2 Å². The van der Waals surface area contributed by atoms with Crippen molar-refractivity contribution < 1.29 is 9.63 Å². The topological polar surface area (TPSA) is 63.0 Å². The first-order valence-corrected chi connectivity index (χ1v) is 8.60. The van der Waals surface area contributed by atoms with E-state index in [2.05, 4.69) is 15.7 Å². The van der Waals surface area contributed by atoms with Crippen LogP contribution in [0.1, 0.15) is 24.3 Å². The Bertz CT molecular complexity index is 774. The second-order valence-electron chi connectivity index (χ2n) is 4.79. The Kier molecular flexibility index (Phi) is 6.78. The highest BCUT2D eigenvalue weighted by Crippen LogP contribution is 2.22. The molecular weight excluding hydrogens is 369 g/mol. The molecule has 0 bridgehead atoms.